The summed E-state index contributed by atoms with van der Waals surface area (Å²) in [6, 6.07) is 8.59. The second kappa shape index (κ2) is 9.98. The average molecular weight is 559 g/mol. The molecular weight excluding hydrogens is 538 g/mol. The standard InChI is InChI=1S/C25H21ClF2N6O5/c1-3-29-23(36)14-7-13(8-15(26)9-14)20-21-22(31-12-30-21)24(37)34(32-20)11-19(35)33(4-2)16-5-6-17-18(10-16)39-25(27,28)38-17/h5-10,12H,3-4,11H2,1-2H3,(H,29,36)(H,30,31). The van der Waals surface area contributed by atoms with Crippen LogP contribution in [0.1, 0.15) is 24.2 Å². The lowest BCUT2D eigenvalue weighted by molar-refractivity contribution is -0.286. The predicted octanol–water partition coefficient (Wildman–Crippen LogP) is 3.56. The molecule has 0 saturated heterocycles. The topological polar surface area (TPSA) is 131 Å². The number of hydrogen-bond donors (Lipinski definition) is 2. The minimum Gasteiger partial charge on any atom is -0.395 e. The zero-order chi connectivity index (χ0) is 27.9. The number of carbonyl (C=O) groups is 2. The lowest BCUT2D eigenvalue weighted by atomic mass is 10.1. The van der Waals surface area contributed by atoms with Crippen LogP contribution in [0.15, 0.2) is 47.5 Å². The number of halogens is 3. The molecule has 1 aliphatic heterocycles. The number of aromatic nitrogens is 4. The van der Waals surface area contributed by atoms with Gasteiger partial charge >= 0.3 is 6.29 Å². The Morgan fingerprint density at radius 3 is 2.67 bits per heavy atom. The number of amides is 2. The molecule has 14 heteroatoms. The highest BCUT2D eigenvalue weighted by atomic mass is 35.5. The molecule has 0 atom stereocenters. The van der Waals surface area contributed by atoms with Crippen LogP contribution in [0.3, 0.4) is 0 Å². The fourth-order valence-electron chi connectivity index (χ4n) is 4.23. The summed E-state index contributed by atoms with van der Waals surface area (Å²) in [6.07, 6.45) is -2.48. The molecule has 11 nitrogen and oxygen atoms in total. The summed E-state index contributed by atoms with van der Waals surface area (Å²) in [7, 11) is 0. The van der Waals surface area contributed by atoms with Crippen molar-refractivity contribution in [1.82, 2.24) is 25.1 Å². The molecule has 2 aromatic heterocycles. The third-order valence-electron chi connectivity index (χ3n) is 5.90. The van der Waals surface area contributed by atoms with E-state index in [2.05, 4.69) is 29.9 Å². The van der Waals surface area contributed by atoms with Gasteiger partial charge in [0.05, 0.1) is 11.8 Å². The van der Waals surface area contributed by atoms with Gasteiger partial charge in [0, 0.05) is 41.0 Å². The van der Waals surface area contributed by atoms with Gasteiger partial charge in [0.15, 0.2) is 17.0 Å². The number of imidazole rings is 1. The van der Waals surface area contributed by atoms with E-state index < -0.39 is 24.3 Å². The number of benzene rings is 2. The summed E-state index contributed by atoms with van der Waals surface area (Å²) < 4.78 is 36.7. The molecule has 202 valence electrons. The first-order chi connectivity index (χ1) is 18.6. The molecule has 39 heavy (non-hydrogen) atoms. The van der Waals surface area contributed by atoms with Gasteiger partial charge in [0.1, 0.15) is 12.2 Å². The smallest absolute Gasteiger partial charge is 0.395 e. The largest absolute Gasteiger partial charge is 0.586 e. The number of fused-ring (bicyclic) bond motifs is 2. The van der Waals surface area contributed by atoms with Crippen LogP contribution in [0.5, 0.6) is 11.5 Å². The number of aromatic amines is 1. The Morgan fingerprint density at radius 1 is 1.15 bits per heavy atom. The van der Waals surface area contributed by atoms with Crippen LogP contribution in [-0.2, 0) is 11.3 Å². The van der Waals surface area contributed by atoms with Crippen LogP contribution < -0.4 is 25.2 Å². The highest BCUT2D eigenvalue weighted by Crippen LogP contribution is 2.42. The van der Waals surface area contributed by atoms with E-state index >= 15 is 0 Å². The summed E-state index contributed by atoms with van der Waals surface area (Å²) in [5.41, 5.74) is 0.916. The zero-order valence-electron chi connectivity index (χ0n) is 20.6. The number of hydrogen-bond acceptors (Lipinski definition) is 7. The van der Waals surface area contributed by atoms with Crippen molar-refractivity contribution >= 4 is 40.1 Å². The summed E-state index contributed by atoms with van der Waals surface area (Å²) in [5, 5.41) is 7.37. The minimum atomic E-state index is -3.80. The third kappa shape index (κ3) is 5.00. The van der Waals surface area contributed by atoms with Crippen molar-refractivity contribution in [2.45, 2.75) is 26.7 Å². The monoisotopic (exact) mass is 558 g/mol. The van der Waals surface area contributed by atoms with Gasteiger partial charge in [-0.3, -0.25) is 14.4 Å². The fraction of sp³-hybridized carbons (Fsp3) is 0.240. The Balaban J connectivity index is 1.51. The second-order valence-corrected chi connectivity index (χ2v) is 8.90. The van der Waals surface area contributed by atoms with Crippen molar-refractivity contribution in [3.8, 4) is 22.8 Å². The van der Waals surface area contributed by atoms with Crippen LogP contribution in [0.4, 0.5) is 14.5 Å². The molecule has 2 N–H and O–H groups in total. The molecule has 0 unspecified atom stereocenters. The minimum absolute atomic E-state index is 0.0284. The van der Waals surface area contributed by atoms with Gasteiger partial charge in [-0.25, -0.2) is 9.67 Å². The predicted molar refractivity (Wildman–Crippen MR) is 137 cm³/mol. The van der Waals surface area contributed by atoms with E-state index in [-0.39, 0.29) is 51.4 Å². The molecule has 5 rings (SSSR count). The lowest BCUT2D eigenvalue weighted by Crippen LogP contribution is -2.37. The summed E-state index contributed by atoms with van der Waals surface area (Å²) in [4.78, 5) is 47.2. The normalized spacial score (nSPS) is 13.5. The first-order valence-electron chi connectivity index (χ1n) is 11.8. The van der Waals surface area contributed by atoms with Crippen LogP contribution in [0.2, 0.25) is 5.02 Å². The number of anilines is 1. The maximum absolute atomic E-state index is 13.4. The lowest BCUT2D eigenvalue weighted by Gasteiger charge is -2.21. The SMILES string of the molecule is CCNC(=O)c1cc(Cl)cc(-c2nn(CC(=O)N(CC)c3ccc4c(c3)OC(F)(F)O4)c(=O)c3nc[nH]c23)c1. The Kier molecular flexibility index (Phi) is 6.68. The van der Waals surface area contributed by atoms with Gasteiger partial charge in [-0.1, -0.05) is 11.6 Å². The first-order valence-corrected chi connectivity index (χ1v) is 12.2. The van der Waals surface area contributed by atoms with Crippen molar-refractivity contribution in [3.05, 3.63) is 63.7 Å². The molecule has 0 spiro atoms. The molecule has 2 aromatic carbocycles. The van der Waals surface area contributed by atoms with E-state index in [9.17, 15) is 23.2 Å². The molecule has 0 fully saturated rings. The highest BCUT2D eigenvalue weighted by Gasteiger charge is 2.43. The second-order valence-electron chi connectivity index (χ2n) is 8.46. The molecule has 0 bridgehead atoms. The van der Waals surface area contributed by atoms with E-state index in [1.807, 2.05) is 0 Å². The van der Waals surface area contributed by atoms with Gasteiger partial charge < -0.3 is 24.7 Å². The molecular formula is C25H21ClF2N6O5. The average Bonchev–Trinajstić information content (AvgIpc) is 3.49. The first kappa shape index (κ1) is 26.1. The number of rotatable bonds is 7. The van der Waals surface area contributed by atoms with Crippen LogP contribution in [0.25, 0.3) is 22.3 Å². The van der Waals surface area contributed by atoms with Gasteiger partial charge in [-0.05, 0) is 44.2 Å². The maximum Gasteiger partial charge on any atom is 0.586 e. The van der Waals surface area contributed by atoms with Crippen molar-refractivity contribution in [1.29, 1.82) is 0 Å². The molecule has 0 aliphatic carbocycles. The van der Waals surface area contributed by atoms with Gasteiger partial charge in [0.2, 0.25) is 5.91 Å². The molecule has 0 radical (unpaired) electrons. The van der Waals surface area contributed by atoms with Gasteiger partial charge in [0.25, 0.3) is 11.5 Å². The van der Waals surface area contributed by atoms with E-state index in [0.717, 1.165) is 4.68 Å². The number of nitrogens with one attached hydrogen (secondary N) is 2. The molecule has 2 amide bonds. The summed E-state index contributed by atoms with van der Waals surface area (Å²) in [5.74, 6) is -1.27. The molecule has 0 saturated carbocycles. The Bertz CT molecular complexity index is 1670. The number of likely N-dealkylation sites (N-methyl/N-ethyl adjacent to an activating group) is 1. The molecule has 4 aromatic rings. The zero-order valence-corrected chi connectivity index (χ0v) is 21.4. The number of alkyl halides is 2. The van der Waals surface area contributed by atoms with Crippen LogP contribution in [-0.4, -0.2) is 50.9 Å². The summed E-state index contributed by atoms with van der Waals surface area (Å²) >= 11 is 6.28. The molecule has 1 aliphatic rings. The Hall–Kier alpha value is -4.52. The highest BCUT2D eigenvalue weighted by molar-refractivity contribution is 6.31. The van der Waals surface area contributed by atoms with E-state index in [1.165, 1.54) is 35.5 Å². The quantitative estimate of drug-likeness (QED) is 0.354. The maximum atomic E-state index is 13.4. The van der Waals surface area contributed by atoms with Crippen molar-refractivity contribution in [2.75, 3.05) is 18.0 Å². The van der Waals surface area contributed by atoms with Crippen molar-refractivity contribution < 1.29 is 27.8 Å². The third-order valence-corrected chi connectivity index (χ3v) is 6.12. The van der Waals surface area contributed by atoms with Crippen LogP contribution in [0, 0.1) is 0 Å². The number of H-pyrrole nitrogens is 1. The Labute approximate surface area is 224 Å². The number of carbonyl (C=O) groups excluding carboxylic acids is 2. The Morgan fingerprint density at radius 2 is 1.92 bits per heavy atom. The van der Waals surface area contributed by atoms with Crippen LogP contribution >= 0.6 is 11.6 Å². The van der Waals surface area contributed by atoms with Gasteiger partial charge in [-0.15, -0.1) is 8.78 Å². The molecule has 3 heterocycles. The van der Waals surface area contributed by atoms with Gasteiger partial charge in [-0.2, -0.15) is 5.10 Å². The van der Waals surface area contributed by atoms with E-state index in [0.29, 0.717) is 17.6 Å². The number of nitrogens with zero attached hydrogens (tertiary/aromatic N) is 4. The summed E-state index contributed by atoms with van der Waals surface area (Å²) in [6.45, 7) is 3.55. The van der Waals surface area contributed by atoms with E-state index in [4.69, 9.17) is 11.6 Å². The van der Waals surface area contributed by atoms with E-state index in [1.54, 1.807) is 26.0 Å². The fourth-order valence-corrected chi connectivity index (χ4v) is 4.46. The van der Waals surface area contributed by atoms with Crippen molar-refractivity contribution in [2.24, 2.45) is 0 Å². The number of ether oxygens (including phenoxy) is 2. The van der Waals surface area contributed by atoms with Crippen molar-refractivity contribution in [3.63, 3.8) is 0 Å².